The van der Waals surface area contributed by atoms with Crippen LogP contribution in [0, 0.1) is 4.77 Å². The third-order valence-electron chi connectivity index (χ3n) is 3.67. The Balaban J connectivity index is 2.04. The Hall–Kier alpha value is -1.95. The lowest BCUT2D eigenvalue weighted by molar-refractivity contribution is 0.306. The summed E-state index contributed by atoms with van der Waals surface area (Å²) in [7, 11) is 0. The first-order valence-electron chi connectivity index (χ1n) is 8.68. The highest BCUT2D eigenvalue weighted by Gasteiger charge is 2.04. The molecule has 0 fully saturated rings. The highest BCUT2D eigenvalue weighted by molar-refractivity contribution is 7.71. The SMILES string of the molecule is CCCCCOc1cccc(/C=N/n2c(CCCC)n[nH]c2=S)c1. The minimum Gasteiger partial charge on any atom is -0.494 e. The lowest BCUT2D eigenvalue weighted by Crippen LogP contribution is -2.00. The van der Waals surface area contributed by atoms with Crippen LogP contribution in [-0.2, 0) is 6.42 Å². The fourth-order valence-corrected chi connectivity index (χ4v) is 2.49. The Kier molecular flexibility index (Phi) is 7.68. The molecule has 0 saturated carbocycles. The summed E-state index contributed by atoms with van der Waals surface area (Å²) >= 11 is 5.25. The fraction of sp³-hybridized carbons (Fsp3) is 0.500. The summed E-state index contributed by atoms with van der Waals surface area (Å²) in [6, 6.07) is 7.94. The molecule has 6 heteroatoms. The zero-order valence-electron chi connectivity index (χ0n) is 14.5. The number of hydrogen-bond acceptors (Lipinski definition) is 4. The number of H-pyrrole nitrogens is 1. The van der Waals surface area contributed by atoms with Gasteiger partial charge in [0.15, 0.2) is 5.82 Å². The first-order chi connectivity index (χ1) is 11.7. The monoisotopic (exact) mass is 346 g/mol. The van der Waals surface area contributed by atoms with Crippen LogP contribution in [0.4, 0.5) is 0 Å². The zero-order chi connectivity index (χ0) is 17.2. The first-order valence-corrected chi connectivity index (χ1v) is 9.09. The van der Waals surface area contributed by atoms with Crippen molar-refractivity contribution in [2.75, 3.05) is 6.61 Å². The van der Waals surface area contributed by atoms with Gasteiger partial charge in [0.1, 0.15) is 5.75 Å². The van der Waals surface area contributed by atoms with Gasteiger partial charge in [-0.15, -0.1) is 0 Å². The maximum absolute atomic E-state index is 5.78. The van der Waals surface area contributed by atoms with Crippen molar-refractivity contribution in [1.29, 1.82) is 0 Å². The minimum absolute atomic E-state index is 0.518. The van der Waals surface area contributed by atoms with Gasteiger partial charge in [-0.3, -0.25) is 5.10 Å². The Morgan fingerprint density at radius 3 is 2.88 bits per heavy atom. The summed E-state index contributed by atoms with van der Waals surface area (Å²) < 4.78 is 7.99. The molecule has 0 atom stereocenters. The number of nitrogens with one attached hydrogen (secondary N) is 1. The van der Waals surface area contributed by atoms with Gasteiger partial charge in [-0.1, -0.05) is 45.2 Å². The number of ether oxygens (including phenoxy) is 1. The standard InChI is InChI=1S/C18H26N4OS/c1-3-5-7-12-23-16-10-8-9-15(13-16)14-19-22-17(11-6-4-2)20-21-18(22)24/h8-10,13-14H,3-7,11-12H2,1-2H3,(H,21,24)/b19-14+. The van der Waals surface area contributed by atoms with Crippen LogP contribution >= 0.6 is 12.2 Å². The minimum atomic E-state index is 0.518. The van der Waals surface area contributed by atoms with Crippen LogP contribution in [0.15, 0.2) is 29.4 Å². The lowest BCUT2D eigenvalue weighted by atomic mass is 10.2. The number of nitrogens with zero attached hydrogens (tertiary/aromatic N) is 3. The molecule has 0 radical (unpaired) electrons. The van der Waals surface area contributed by atoms with E-state index in [0.717, 1.165) is 49.4 Å². The van der Waals surface area contributed by atoms with E-state index in [-0.39, 0.29) is 0 Å². The summed E-state index contributed by atoms with van der Waals surface area (Å²) in [4.78, 5) is 0. The van der Waals surface area contributed by atoms with Crippen molar-refractivity contribution in [3.8, 4) is 5.75 Å². The molecule has 1 N–H and O–H groups in total. The van der Waals surface area contributed by atoms with Gasteiger partial charge in [-0.25, -0.2) is 0 Å². The Labute approximate surface area is 148 Å². The zero-order valence-corrected chi connectivity index (χ0v) is 15.3. The maximum atomic E-state index is 5.78. The summed E-state index contributed by atoms with van der Waals surface area (Å²) in [5, 5.41) is 11.5. The van der Waals surface area contributed by atoms with Crippen LogP contribution in [0.3, 0.4) is 0 Å². The number of rotatable bonds is 10. The van der Waals surface area contributed by atoms with Gasteiger partial charge >= 0.3 is 0 Å². The van der Waals surface area contributed by atoms with Crippen LogP contribution in [0.5, 0.6) is 5.75 Å². The molecule has 24 heavy (non-hydrogen) atoms. The molecule has 0 aliphatic heterocycles. The van der Waals surface area contributed by atoms with Gasteiger partial charge in [0.2, 0.25) is 4.77 Å². The molecule has 0 aliphatic carbocycles. The van der Waals surface area contributed by atoms with E-state index < -0.39 is 0 Å². The van der Waals surface area contributed by atoms with E-state index in [9.17, 15) is 0 Å². The number of benzene rings is 1. The van der Waals surface area contributed by atoms with Crippen LogP contribution in [0.2, 0.25) is 0 Å². The molecule has 130 valence electrons. The van der Waals surface area contributed by atoms with E-state index in [1.54, 1.807) is 10.9 Å². The first kappa shape index (κ1) is 18.4. The number of aromatic amines is 1. The van der Waals surface area contributed by atoms with Gasteiger partial charge in [0.25, 0.3) is 0 Å². The van der Waals surface area contributed by atoms with Crippen LogP contribution in [-0.4, -0.2) is 27.7 Å². The molecule has 1 aromatic heterocycles. The van der Waals surface area contributed by atoms with E-state index in [1.165, 1.54) is 12.8 Å². The Morgan fingerprint density at radius 2 is 2.08 bits per heavy atom. The van der Waals surface area contributed by atoms with Gasteiger partial charge in [0.05, 0.1) is 12.8 Å². The van der Waals surface area contributed by atoms with Gasteiger partial charge in [-0.05, 0) is 42.8 Å². The largest absolute Gasteiger partial charge is 0.494 e. The van der Waals surface area contributed by atoms with Gasteiger partial charge < -0.3 is 4.74 Å². The second kappa shape index (κ2) is 10.0. The smallest absolute Gasteiger partial charge is 0.216 e. The molecule has 1 aromatic carbocycles. The van der Waals surface area contributed by atoms with Crippen molar-refractivity contribution in [2.45, 2.75) is 52.4 Å². The van der Waals surface area contributed by atoms with Crippen molar-refractivity contribution in [1.82, 2.24) is 14.9 Å². The Bertz CT molecular complexity index is 705. The molecule has 2 rings (SSSR count). The molecular weight excluding hydrogens is 320 g/mol. The molecule has 5 nitrogen and oxygen atoms in total. The molecule has 0 aliphatic rings. The van der Waals surface area contributed by atoms with Crippen molar-refractivity contribution >= 4 is 18.4 Å². The van der Waals surface area contributed by atoms with E-state index in [1.807, 2.05) is 24.3 Å². The normalized spacial score (nSPS) is 11.2. The molecule has 0 saturated heterocycles. The molecular formula is C18H26N4OS. The molecule has 0 amide bonds. The number of unbranched alkanes of at least 4 members (excludes halogenated alkanes) is 3. The second-order valence-electron chi connectivity index (χ2n) is 5.73. The number of aromatic nitrogens is 3. The predicted octanol–water partition coefficient (Wildman–Crippen LogP) is 4.73. The third kappa shape index (κ3) is 5.60. The highest BCUT2D eigenvalue weighted by Crippen LogP contribution is 2.13. The van der Waals surface area contributed by atoms with Gasteiger partial charge in [-0.2, -0.15) is 14.9 Å². The van der Waals surface area contributed by atoms with E-state index in [4.69, 9.17) is 17.0 Å². The molecule has 0 spiro atoms. The molecule has 0 unspecified atom stereocenters. The van der Waals surface area contributed by atoms with Crippen molar-refractivity contribution < 1.29 is 4.74 Å². The summed E-state index contributed by atoms with van der Waals surface area (Å²) in [5.41, 5.74) is 0.979. The maximum Gasteiger partial charge on any atom is 0.216 e. The number of hydrogen-bond donors (Lipinski definition) is 1. The lowest BCUT2D eigenvalue weighted by Gasteiger charge is -2.06. The van der Waals surface area contributed by atoms with Crippen molar-refractivity contribution in [3.05, 3.63) is 40.4 Å². The quantitative estimate of drug-likeness (QED) is 0.384. The average Bonchev–Trinajstić information content (AvgIpc) is 2.95. The Morgan fingerprint density at radius 1 is 1.25 bits per heavy atom. The van der Waals surface area contributed by atoms with E-state index >= 15 is 0 Å². The summed E-state index contributed by atoms with van der Waals surface area (Å²) in [6.07, 6.45) is 8.31. The molecule has 2 aromatic rings. The van der Waals surface area contributed by atoms with E-state index in [0.29, 0.717) is 4.77 Å². The average molecular weight is 346 g/mol. The van der Waals surface area contributed by atoms with Crippen LogP contribution in [0.1, 0.15) is 57.3 Å². The second-order valence-corrected chi connectivity index (χ2v) is 6.12. The predicted molar refractivity (Wildman–Crippen MR) is 100 cm³/mol. The number of aryl methyl sites for hydroxylation is 1. The van der Waals surface area contributed by atoms with Crippen LogP contribution in [0.25, 0.3) is 0 Å². The van der Waals surface area contributed by atoms with Crippen molar-refractivity contribution in [2.24, 2.45) is 5.10 Å². The fourth-order valence-electron chi connectivity index (χ4n) is 2.29. The van der Waals surface area contributed by atoms with Crippen LogP contribution < -0.4 is 4.74 Å². The van der Waals surface area contributed by atoms with E-state index in [2.05, 4.69) is 29.1 Å². The van der Waals surface area contributed by atoms with Gasteiger partial charge in [0, 0.05) is 6.42 Å². The topological polar surface area (TPSA) is 55.2 Å². The van der Waals surface area contributed by atoms with Crippen molar-refractivity contribution in [3.63, 3.8) is 0 Å². The third-order valence-corrected chi connectivity index (χ3v) is 3.93. The molecule has 1 heterocycles. The summed E-state index contributed by atoms with van der Waals surface area (Å²) in [6.45, 7) is 5.09. The summed E-state index contributed by atoms with van der Waals surface area (Å²) in [5.74, 6) is 1.74. The molecule has 0 bridgehead atoms. The highest BCUT2D eigenvalue weighted by atomic mass is 32.1.